The van der Waals surface area contributed by atoms with Crippen LogP contribution in [0.2, 0.25) is 0 Å². The summed E-state index contributed by atoms with van der Waals surface area (Å²) in [5, 5.41) is 7.63. The van der Waals surface area contributed by atoms with E-state index in [1.165, 1.54) is 0 Å². The maximum Gasteiger partial charge on any atom is 0.391 e. The van der Waals surface area contributed by atoms with Gasteiger partial charge in [-0.25, -0.2) is 0 Å². The van der Waals surface area contributed by atoms with Crippen LogP contribution in [0.1, 0.15) is 51.3 Å². The monoisotopic (exact) mass is 303 g/mol. The highest BCUT2D eigenvalue weighted by atomic mass is 19.4. The first-order chi connectivity index (χ1) is 9.97. The standard InChI is InChI=1S/C15H24F3N3/c1-3-19-14(13-8-9-20-21(13)4-2)11-6-5-7-12(10-11)15(16,17)18/h8-9,11-12,14,19H,3-7,10H2,1-2H3. The third-order valence-electron chi connectivity index (χ3n) is 4.44. The Morgan fingerprint density at radius 3 is 2.76 bits per heavy atom. The Kier molecular flexibility index (Phi) is 5.30. The molecule has 0 bridgehead atoms. The molecule has 0 amide bonds. The first-order valence-corrected chi connectivity index (χ1v) is 7.79. The van der Waals surface area contributed by atoms with E-state index in [1.54, 1.807) is 6.20 Å². The van der Waals surface area contributed by atoms with E-state index in [0.717, 1.165) is 25.2 Å². The van der Waals surface area contributed by atoms with Gasteiger partial charge in [0.2, 0.25) is 0 Å². The summed E-state index contributed by atoms with van der Waals surface area (Å²) in [5.41, 5.74) is 1.01. The fourth-order valence-electron chi connectivity index (χ4n) is 3.43. The highest BCUT2D eigenvalue weighted by molar-refractivity contribution is 5.09. The lowest BCUT2D eigenvalue weighted by Gasteiger charge is -2.36. The SMILES string of the molecule is CCNC(c1ccnn1CC)C1CCCC(C(F)(F)F)C1. The van der Waals surface area contributed by atoms with Gasteiger partial charge in [-0.2, -0.15) is 18.3 Å². The lowest BCUT2D eigenvalue weighted by molar-refractivity contribution is -0.186. The van der Waals surface area contributed by atoms with Gasteiger partial charge in [-0.1, -0.05) is 13.3 Å². The van der Waals surface area contributed by atoms with Crippen molar-refractivity contribution in [2.45, 2.75) is 58.3 Å². The minimum Gasteiger partial charge on any atom is -0.309 e. The Labute approximate surface area is 123 Å². The molecule has 0 aliphatic heterocycles. The van der Waals surface area contributed by atoms with Crippen LogP contribution in [0.25, 0.3) is 0 Å². The molecule has 3 nitrogen and oxygen atoms in total. The summed E-state index contributed by atoms with van der Waals surface area (Å²) in [4.78, 5) is 0. The molecule has 1 heterocycles. The van der Waals surface area contributed by atoms with Gasteiger partial charge in [-0.05, 0) is 44.7 Å². The number of rotatable bonds is 5. The molecule has 0 spiro atoms. The Bertz CT molecular complexity index is 442. The van der Waals surface area contributed by atoms with Gasteiger partial charge < -0.3 is 5.32 Å². The van der Waals surface area contributed by atoms with Crippen molar-refractivity contribution >= 4 is 0 Å². The Morgan fingerprint density at radius 1 is 1.38 bits per heavy atom. The van der Waals surface area contributed by atoms with Crippen LogP contribution < -0.4 is 5.32 Å². The molecule has 1 saturated carbocycles. The normalized spacial score (nSPS) is 25.0. The summed E-state index contributed by atoms with van der Waals surface area (Å²) in [7, 11) is 0. The van der Waals surface area contributed by atoms with E-state index >= 15 is 0 Å². The molecule has 3 atom stereocenters. The smallest absolute Gasteiger partial charge is 0.309 e. The highest BCUT2D eigenvalue weighted by Gasteiger charge is 2.44. The second-order valence-electron chi connectivity index (χ2n) is 5.77. The third kappa shape index (κ3) is 3.78. The second-order valence-corrected chi connectivity index (χ2v) is 5.77. The molecule has 1 N–H and O–H groups in total. The van der Waals surface area contributed by atoms with Crippen molar-refractivity contribution in [3.05, 3.63) is 18.0 Å². The maximum absolute atomic E-state index is 13.0. The van der Waals surface area contributed by atoms with E-state index in [0.29, 0.717) is 6.42 Å². The van der Waals surface area contributed by atoms with Crippen molar-refractivity contribution in [2.75, 3.05) is 6.54 Å². The average molecular weight is 303 g/mol. The van der Waals surface area contributed by atoms with Crippen molar-refractivity contribution in [2.24, 2.45) is 11.8 Å². The van der Waals surface area contributed by atoms with Gasteiger partial charge >= 0.3 is 6.18 Å². The van der Waals surface area contributed by atoms with Crippen LogP contribution in [-0.2, 0) is 6.54 Å². The predicted octanol–water partition coefficient (Wildman–Crippen LogP) is 3.92. The number of hydrogen-bond donors (Lipinski definition) is 1. The van der Waals surface area contributed by atoms with Crippen LogP contribution in [0.3, 0.4) is 0 Å². The van der Waals surface area contributed by atoms with Crippen LogP contribution in [0.5, 0.6) is 0 Å². The topological polar surface area (TPSA) is 29.9 Å². The molecular weight excluding hydrogens is 279 g/mol. The van der Waals surface area contributed by atoms with Gasteiger partial charge in [0.05, 0.1) is 17.7 Å². The van der Waals surface area contributed by atoms with E-state index in [-0.39, 0.29) is 24.8 Å². The lowest BCUT2D eigenvalue weighted by Crippen LogP contribution is -2.36. The number of nitrogens with one attached hydrogen (secondary N) is 1. The molecule has 1 aliphatic rings. The van der Waals surface area contributed by atoms with Crippen LogP contribution in [0.15, 0.2) is 12.3 Å². The van der Waals surface area contributed by atoms with E-state index in [1.807, 2.05) is 24.6 Å². The third-order valence-corrected chi connectivity index (χ3v) is 4.44. The van der Waals surface area contributed by atoms with E-state index < -0.39 is 12.1 Å². The summed E-state index contributed by atoms with van der Waals surface area (Å²) in [6, 6.07) is 1.89. The zero-order chi connectivity index (χ0) is 15.5. The molecule has 3 unspecified atom stereocenters. The summed E-state index contributed by atoms with van der Waals surface area (Å²) in [6.45, 7) is 5.47. The molecule has 0 radical (unpaired) electrons. The maximum atomic E-state index is 13.0. The lowest BCUT2D eigenvalue weighted by atomic mass is 9.76. The van der Waals surface area contributed by atoms with Gasteiger partial charge in [0.1, 0.15) is 0 Å². The molecule has 1 aromatic heterocycles. The molecule has 120 valence electrons. The Balaban J connectivity index is 2.18. The first kappa shape index (κ1) is 16.3. The summed E-state index contributed by atoms with van der Waals surface area (Å²) in [6.07, 6.45) is -0.355. The molecule has 1 aliphatic carbocycles. The second kappa shape index (κ2) is 6.81. The molecule has 21 heavy (non-hydrogen) atoms. The number of nitrogens with zero attached hydrogens (tertiary/aromatic N) is 2. The molecule has 6 heteroatoms. The number of aromatic nitrogens is 2. The van der Waals surface area contributed by atoms with E-state index in [9.17, 15) is 13.2 Å². The van der Waals surface area contributed by atoms with E-state index in [4.69, 9.17) is 0 Å². The molecule has 2 rings (SSSR count). The Morgan fingerprint density at radius 2 is 2.14 bits per heavy atom. The van der Waals surface area contributed by atoms with Gasteiger partial charge in [0.25, 0.3) is 0 Å². The minimum absolute atomic E-state index is 0.0207. The van der Waals surface area contributed by atoms with Crippen molar-refractivity contribution in [3.63, 3.8) is 0 Å². The number of hydrogen-bond acceptors (Lipinski definition) is 2. The molecular formula is C15H24F3N3. The van der Waals surface area contributed by atoms with Crippen LogP contribution in [-0.4, -0.2) is 22.5 Å². The van der Waals surface area contributed by atoms with Gasteiger partial charge in [-0.3, -0.25) is 4.68 Å². The van der Waals surface area contributed by atoms with Gasteiger partial charge in [-0.15, -0.1) is 0 Å². The first-order valence-electron chi connectivity index (χ1n) is 7.79. The zero-order valence-electron chi connectivity index (χ0n) is 12.7. The van der Waals surface area contributed by atoms with Crippen LogP contribution in [0.4, 0.5) is 13.2 Å². The number of aryl methyl sites for hydroxylation is 1. The van der Waals surface area contributed by atoms with Gasteiger partial charge in [0.15, 0.2) is 0 Å². The molecule has 1 fully saturated rings. The largest absolute Gasteiger partial charge is 0.391 e. The predicted molar refractivity (Wildman–Crippen MR) is 75.8 cm³/mol. The van der Waals surface area contributed by atoms with Crippen molar-refractivity contribution < 1.29 is 13.2 Å². The summed E-state index contributed by atoms with van der Waals surface area (Å²) < 4.78 is 40.9. The zero-order valence-corrected chi connectivity index (χ0v) is 12.7. The van der Waals surface area contributed by atoms with Crippen LogP contribution in [0, 0.1) is 11.8 Å². The number of alkyl halides is 3. The van der Waals surface area contributed by atoms with Crippen LogP contribution >= 0.6 is 0 Å². The average Bonchev–Trinajstić information content (AvgIpc) is 2.92. The van der Waals surface area contributed by atoms with Crippen molar-refractivity contribution in [1.82, 2.24) is 15.1 Å². The minimum atomic E-state index is -4.07. The van der Waals surface area contributed by atoms with E-state index in [2.05, 4.69) is 10.4 Å². The molecule has 0 aromatic carbocycles. The summed E-state index contributed by atoms with van der Waals surface area (Å²) in [5.74, 6) is -1.14. The van der Waals surface area contributed by atoms with Crippen molar-refractivity contribution in [1.29, 1.82) is 0 Å². The molecule has 0 saturated heterocycles. The fraction of sp³-hybridized carbons (Fsp3) is 0.800. The molecule has 1 aromatic rings. The summed E-state index contributed by atoms with van der Waals surface area (Å²) >= 11 is 0. The van der Waals surface area contributed by atoms with Gasteiger partial charge in [0, 0.05) is 12.7 Å². The Hall–Kier alpha value is -1.04. The quantitative estimate of drug-likeness (QED) is 0.893. The highest BCUT2D eigenvalue weighted by Crippen LogP contribution is 2.43. The number of halogens is 3. The fourth-order valence-corrected chi connectivity index (χ4v) is 3.43. The van der Waals surface area contributed by atoms with Crippen molar-refractivity contribution in [3.8, 4) is 0 Å².